The standard InChI is InChI=1S/C16H14F3NO2/c1-10(14-7-4-12(18)8-15(14)19)20-16(21)9-22-13-5-2-11(17)3-6-13/h2-8,10H,9H2,1H3,(H,20,21). The van der Waals surface area contributed by atoms with Crippen LogP contribution in [0.2, 0.25) is 0 Å². The summed E-state index contributed by atoms with van der Waals surface area (Å²) < 4.78 is 44.3. The third-order valence-electron chi connectivity index (χ3n) is 2.99. The second kappa shape index (κ2) is 6.98. The van der Waals surface area contributed by atoms with E-state index in [-0.39, 0.29) is 12.2 Å². The molecule has 0 aliphatic rings. The number of amides is 1. The van der Waals surface area contributed by atoms with Crippen molar-refractivity contribution >= 4 is 5.91 Å². The summed E-state index contributed by atoms with van der Waals surface area (Å²) in [6, 6.07) is 7.73. The molecule has 1 amide bonds. The van der Waals surface area contributed by atoms with E-state index in [1.54, 1.807) is 6.92 Å². The van der Waals surface area contributed by atoms with Crippen molar-refractivity contribution in [3.63, 3.8) is 0 Å². The highest BCUT2D eigenvalue weighted by molar-refractivity contribution is 5.78. The highest BCUT2D eigenvalue weighted by atomic mass is 19.1. The van der Waals surface area contributed by atoms with Crippen molar-refractivity contribution in [3.05, 3.63) is 65.5 Å². The Kier molecular flexibility index (Phi) is 5.04. The zero-order chi connectivity index (χ0) is 16.1. The molecule has 1 N–H and O–H groups in total. The molecule has 0 saturated heterocycles. The second-order valence-corrected chi connectivity index (χ2v) is 4.70. The van der Waals surface area contributed by atoms with Crippen LogP contribution < -0.4 is 10.1 Å². The van der Waals surface area contributed by atoms with Crippen molar-refractivity contribution in [1.29, 1.82) is 0 Å². The van der Waals surface area contributed by atoms with E-state index in [0.717, 1.165) is 12.1 Å². The first-order valence-electron chi connectivity index (χ1n) is 6.58. The summed E-state index contributed by atoms with van der Waals surface area (Å²) in [6.07, 6.45) is 0. The summed E-state index contributed by atoms with van der Waals surface area (Å²) in [5.41, 5.74) is 0.177. The lowest BCUT2D eigenvalue weighted by molar-refractivity contribution is -0.123. The van der Waals surface area contributed by atoms with Gasteiger partial charge in [-0.2, -0.15) is 0 Å². The van der Waals surface area contributed by atoms with Crippen LogP contribution in [0.3, 0.4) is 0 Å². The Hall–Kier alpha value is -2.50. The third kappa shape index (κ3) is 4.25. The number of halogens is 3. The SMILES string of the molecule is CC(NC(=O)COc1ccc(F)cc1)c1ccc(F)cc1F. The fraction of sp³-hybridized carbons (Fsp3) is 0.188. The van der Waals surface area contributed by atoms with Crippen LogP contribution >= 0.6 is 0 Å². The van der Waals surface area contributed by atoms with Gasteiger partial charge in [-0.05, 0) is 37.3 Å². The molecule has 0 heterocycles. The van der Waals surface area contributed by atoms with E-state index in [1.807, 2.05) is 0 Å². The Morgan fingerprint density at radius 3 is 2.36 bits per heavy atom. The van der Waals surface area contributed by atoms with E-state index in [0.29, 0.717) is 5.75 Å². The molecule has 0 fully saturated rings. The van der Waals surface area contributed by atoms with Gasteiger partial charge >= 0.3 is 0 Å². The van der Waals surface area contributed by atoms with Crippen molar-refractivity contribution in [3.8, 4) is 5.75 Å². The minimum atomic E-state index is -0.729. The molecule has 1 unspecified atom stereocenters. The first-order valence-corrected chi connectivity index (χ1v) is 6.58. The van der Waals surface area contributed by atoms with Gasteiger partial charge in [-0.1, -0.05) is 6.07 Å². The van der Waals surface area contributed by atoms with E-state index in [9.17, 15) is 18.0 Å². The summed E-state index contributed by atoms with van der Waals surface area (Å²) in [7, 11) is 0. The number of carbonyl (C=O) groups is 1. The minimum absolute atomic E-state index is 0.177. The van der Waals surface area contributed by atoms with Crippen LogP contribution in [-0.4, -0.2) is 12.5 Å². The van der Waals surface area contributed by atoms with Crippen LogP contribution in [0.5, 0.6) is 5.75 Å². The average molecular weight is 309 g/mol. The quantitative estimate of drug-likeness (QED) is 0.920. The van der Waals surface area contributed by atoms with Crippen LogP contribution in [-0.2, 0) is 4.79 Å². The van der Waals surface area contributed by atoms with E-state index in [2.05, 4.69) is 5.32 Å². The number of ether oxygens (including phenoxy) is 1. The van der Waals surface area contributed by atoms with Crippen LogP contribution in [0.25, 0.3) is 0 Å². The van der Waals surface area contributed by atoms with E-state index in [4.69, 9.17) is 4.74 Å². The second-order valence-electron chi connectivity index (χ2n) is 4.70. The maximum absolute atomic E-state index is 13.6. The van der Waals surface area contributed by atoms with Gasteiger partial charge in [0.2, 0.25) is 0 Å². The summed E-state index contributed by atoms with van der Waals surface area (Å²) >= 11 is 0. The molecule has 0 bridgehead atoms. The van der Waals surface area contributed by atoms with Crippen molar-refractivity contribution in [2.24, 2.45) is 0 Å². The molecule has 6 heteroatoms. The van der Waals surface area contributed by atoms with E-state index >= 15 is 0 Å². The number of hydrogen-bond donors (Lipinski definition) is 1. The molecule has 2 rings (SSSR count). The van der Waals surface area contributed by atoms with Crippen molar-refractivity contribution < 1.29 is 22.7 Å². The predicted octanol–water partition coefficient (Wildman–Crippen LogP) is 3.36. The molecule has 0 aromatic heterocycles. The number of rotatable bonds is 5. The summed E-state index contributed by atoms with van der Waals surface area (Å²) in [4.78, 5) is 11.7. The van der Waals surface area contributed by atoms with Crippen LogP contribution in [0.1, 0.15) is 18.5 Å². The Balaban J connectivity index is 1.89. The lowest BCUT2D eigenvalue weighted by Gasteiger charge is -2.15. The Labute approximate surface area is 125 Å². The predicted molar refractivity (Wildman–Crippen MR) is 74.8 cm³/mol. The summed E-state index contributed by atoms with van der Waals surface area (Å²) in [5.74, 6) is -1.94. The average Bonchev–Trinajstić information content (AvgIpc) is 2.46. The lowest BCUT2D eigenvalue weighted by Crippen LogP contribution is -2.31. The molecule has 2 aromatic carbocycles. The van der Waals surface area contributed by atoms with Gasteiger partial charge in [-0.15, -0.1) is 0 Å². The van der Waals surface area contributed by atoms with Gasteiger partial charge in [0.15, 0.2) is 6.61 Å². The van der Waals surface area contributed by atoms with Crippen LogP contribution in [0.15, 0.2) is 42.5 Å². The smallest absolute Gasteiger partial charge is 0.258 e. The molecule has 0 aliphatic carbocycles. The Morgan fingerprint density at radius 1 is 1.09 bits per heavy atom. The minimum Gasteiger partial charge on any atom is -0.484 e. The number of hydrogen-bond acceptors (Lipinski definition) is 2. The van der Waals surface area contributed by atoms with Gasteiger partial charge in [0.1, 0.15) is 23.2 Å². The highest BCUT2D eigenvalue weighted by Gasteiger charge is 2.14. The topological polar surface area (TPSA) is 38.3 Å². The van der Waals surface area contributed by atoms with Gasteiger partial charge in [-0.3, -0.25) is 4.79 Å². The lowest BCUT2D eigenvalue weighted by atomic mass is 10.1. The van der Waals surface area contributed by atoms with Crippen molar-refractivity contribution in [1.82, 2.24) is 5.32 Å². The third-order valence-corrected chi connectivity index (χ3v) is 2.99. The molecule has 0 spiro atoms. The molecule has 22 heavy (non-hydrogen) atoms. The van der Waals surface area contributed by atoms with Gasteiger partial charge in [0.25, 0.3) is 5.91 Å². The van der Waals surface area contributed by atoms with Crippen LogP contribution in [0, 0.1) is 17.5 Å². The monoisotopic (exact) mass is 309 g/mol. The number of carbonyl (C=O) groups excluding carboxylic acids is 1. The molecule has 3 nitrogen and oxygen atoms in total. The van der Waals surface area contributed by atoms with E-state index in [1.165, 1.54) is 30.3 Å². The molecular formula is C16H14F3NO2. The molecule has 2 aromatic rings. The van der Waals surface area contributed by atoms with Gasteiger partial charge in [-0.25, -0.2) is 13.2 Å². The molecule has 1 atom stereocenters. The maximum Gasteiger partial charge on any atom is 0.258 e. The van der Waals surface area contributed by atoms with Crippen LogP contribution in [0.4, 0.5) is 13.2 Å². The maximum atomic E-state index is 13.6. The number of benzene rings is 2. The molecule has 0 saturated carbocycles. The normalized spacial score (nSPS) is 11.8. The molecule has 0 aliphatic heterocycles. The van der Waals surface area contributed by atoms with Gasteiger partial charge in [0, 0.05) is 11.6 Å². The molecule has 116 valence electrons. The Bertz CT molecular complexity index is 659. The van der Waals surface area contributed by atoms with Crippen molar-refractivity contribution in [2.45, 2.75) is 13.0 Å². The first-order chi connectivity index (χ1) is 10.5. The van der Waals surface area contributed by atoms with Gasteiger partial charge in [0.05, 0.1) is 6.04 Å². The van der Waals surface area contributed by atoms with Gasteiger partial charge < -0.3 is 10.1 Å². The highest BCUT2D eigenvalue weighted by Crippen LogP contribution is 2.17. The molecular weight excluding hydrogens is 295 g/mol. The summed E-state index contributed by atoms with van der Waals surface area (Å²) in [6.45, 7) is 1.28. The fourth-order valence-corrected chi connectivity index (χ4v) is 1.89. The zero-order valence-electron chi connectivity index (χ0n) is 11.8. The summed E-state index contributed by atoms with van der Waals surface area (Å²) in [5, 5.41) is 2.54. The number of nitrogens with one attached hydrogen (secondary N) is 1. The largest absolute Gasteiger partial charge is 0.484 e. The Morgan fingerprint density at radius 2 is 1.73 bits per heavy atom. The first kappa shape index (κ1) is 15.9. The zero-order valence-corrected chi connectivity index (χ0v) is 11.8. The van der Waals surface area contributed by atoms with Crippen molar-refractivity contribution in [2.75, 3.05) is 6.61 Å². The molecule has 0 radical (unpaired) electrons. The van der Waals surface area contributed by atoms with E-state index < -0.39 is 29.4 Å². The fourth-order valence-electron chi connectivity index (χ4n) is 1.89.